The number of rotatable bonds is 6. The van der Waals surface area contributed by atoms with E-state index in [9.17, 15) is 4.79 Å². The van der Waals surface area contributed by atoms with E-state index in [1.54, 1.807) is 6.92 Å². The fourth-order valence-corrected chi connectivity index (χ4v) is 0.698. The molecule has 0 saturated heterocycles. The van der Waals surface area contributed by atoms with Crippen LogP contribution in [-0.4, -0.2) is 41.9 Å². The molecule has 0 aliphatic carbocycles. The highest BCUT2D eigenvalue weighted by molar-refractivity contribution is 5.79. The number of aliphatic hydroxyl groups excluding tert-OH is 2. The molecule has 0 spiro atoms. The number of ketones is 1. The molecule has 2 N–H and O–H groups in total. The maximum Gasteiger partial charge on any atom is 0.160 e. The van der Waals surface area contributed by atoms with Gasteiger partial charge in [0.25, 0.3) is 0 Å². The molecule has 0 aliphatic heterocycles. The lowest BCUT2D eigenvalue weighted by Crippen LogP contribution is -2.17. The molecule has 1 atom stereocenters. The van der Waals surface area contributed by atoms with Crippen LogP contribution in [-0.2, 0) is 9.53 Å². The van der Waals surface area contributed by atoms with E-state index in [0.717, 1.165) is 0 Å². The van der Waals surface area contributed by atoms with Crippen LogP contribution in [0.25, 0.3) is 0 Å². The van der Waals surface area contributed by atoms with Gasteiger partial charge < -0.3 is 14.9 Å². The molecule has 66 valence electrons. The van der Waals surface area contributed by atoms with Crippen molar-refractivity contribution < 1.29 is 19.7 Å². The molecule has 11 heavy (non-hydrogen) atoms. The first kappa shape index (κ1) is 10.6. The molecule has 0 bridgehead atoms. The standard InChI is InChI=1S/C7H14O4/c1-6(11-3-2-8)4-7(10)5-9/h6,8-9H,2-5H2,1H3. The van der Waals surface area contributed by atoms with E-state index >= 15 is 0 Å². The first-order chi connectivity index (χ1) is 5.20. The van der Waals surface area contributed by atoms with Gasteiger partial charge in [0.2, 0.25) is 0 Å². The van der Waals surface area contributed by atoms with Gasteiger partial charge in [0, 0.05) is 6.42 Å². The fourth-order valence-electron chi connectivity index (χ4n) is 0.698. The summed E-state index contributed by atoms with van der Waals surface area (Å²) in [4.78, 5) is 10.6. The second kappa shape index (κ2) is 6.27. The van der Waals surface area contributed by atoms with Crippen molar-refractivity contribution in [2.24, 2.45) is 0 Å². The number of carbonyl (C=O) groups is 1. The summed E-state index contributed by atoms with van der Waals surface area (Å²) in [6.07, 6.45) is -0.0157. The molecule has 0 heterocycles. The maximum atomic E-state index is 10.6. The predicted octanol–water partition coefficient (Wildman–Crippen LogP) is -0.665. The predicted molar refractivity (Wildman–Crippen MR) is 39.2 cm³/mol. The average Bonchev–Trinajstić information content (AvgIpc) is 2.00. The van der Waals surface area contributed by atoms with E-state index in [0.29, 0.717) is 0 Å². The minimum Gasteiger partial charge on any atom is -0.394 e. The van der Waals surface area contributed by atoms with Crippen molar-refractivity contribution in [2.75, 3.05) is 19.8 Å². The Hall–Kier alpha value is -0.450. The summed E-state index contributed by atoms with van der Waals surface area (Å²) in [5.41, 5.74) is 0. The molecule has 0 aromatic rings. The Balaban J connectivity index is 3.35. The molecule has 0 rings (SSSR count). The van der Waals surface area contributed by atoms with Crippen molar-refractivity contribution in [1.82, 2.24) is 0 Å². The monoisotopic (exact) mass is 162 g/mol. The van der Waals surface area contributed by atoms with Gasteiger partial charge in [-0.15, -0.1) is 0 Å². The number of Topliss-reactive ketones (excluding diaryl/α,β-unsaturated/α-hetero) is 1. The molecule has 4 nitrogen and oxygen atoms in total. The maximum absolute atomic E-state index is 10.6. The number of hydrogen-bond donors (Lipinski definition) is 2. The number of hydrogen-bond acceptors (Lipinski definition) is 4. The van der Waals surface area contributed by atoms with Gasteiger partial charge in [-0.05, 0) is 6.92 Å². The van der Waals surface area contributed by atoms with Crippen LogP contribution in [0.5, 0.6) is 0 Å². The van der Waals surface area contributed by atoms with E-state index in [1.807, 2.05) is 0 Å². The molecule has 1 unspecified atom stereocenters. The summed E-state index contributed by atoms with van der Waals surface area (Å²) in [5, 5.41) is 16.7. The first-order valence-electron chi connectivity index (χ1n) is 3.55. The highest BCUT2D eigenvalue weighted by Gasteiger charge is 2.07. The molecular formula is C7H14O4. The van der Waals surface area contributed by atoms with Crippen LogP contribution in [0.4, 0.5) is 0 Å². The third kappa shape index (κ3) is 5.97. The van der Waals surface area contributed by atoms with Gasteiger partial charge in [0.1, 0.15) is 6.61 Å². The Labute approximate surface area is 65.8 Å². The zero-order chi connectivity index (χ0) is 8.69. The van der Waals surface area contributed by atoms with E-state index in [-0.39, 0.29) is 31.5 Å². The van der Waals surface area contributed by atoms with Crippen LogP contribution < -0.4 is 0 Å². The third-order valence-corrected chi connectivity index (χ3v) is 1.19. The summed E-state index contributed by atoms with van der Waals surface area (Å²) in [7, 11) is 0. The van der Waals surface area contributed by atoms with Gasteiger partial charge in [-0.1, -0.05) is 0 Å². The van der Waals surface area contributed by atoms with E-state index in [4.69, 9.17) is 14.9 Å². The second-order valence-corrected chi connectivity index (χ2v) is 2.31. The summed E-state index contributed by atoms with van der Waals surface area (Å²) >= 11 is 0. The van der Waals surface area contributed by atoms with E-state index in [2.05, 4.69) is 0 Å². The lowest BCUT2D eigenvalue weighted by molar-refractivity contribution is -0.124. The van der Waals surface area contributed by atoms with Gasteiger partial charge in [0.15, 0.2) is 5.78 Å². The fraction of sp³-hybridized carbons (Fsp3) is 0.857. The zero-order valence-corrected chi connectivity index (χ0v) is 6.62. The quantitative estimate of drug-likeness (QED) is 0.544. The van der Waals surface area contributed by atoms with Gasteiger partial charge in [-0.25, -0.2) is 0 Å². The van der Waals surface area contributed by atoms with Crippen molar-refractivity contribution in [3.63, 3.8) is 0 Å². The summed E-state index contributed by atoms with van der Waals surface area (Å²) in [6.45, 7) is 1.48. The molecule has 0 aliphatic rings. The first-order valence-corrected chi connectivity index (χ1v) is 3.55. The van der Waals surface area contributed by atoms with Crippen LogP contribution in [0.15, 0.2) is 0 Å². The molecule has 0 saturated carbocycles. The van der Waals surface area contributed by atoms with Gasteiger partial charge in [-0.2, -0.15) is 0 Å². The molecule has 0 aromatic carbocycles. The topological polar surface area (TPSA) is 66.8 Å². The average molecular weight is 162 g/mol. The van der Waals surface area contributed by atoms with Crippen molar-refractivity contribution in [3.05, 3.63) is 0 Å². The van der Waals surface area contributed by atoms with Gasteiger partial charge >= 0.3 is 0 Å². The Morgan fingerprint density at radius 2 is 2.18 bits per heavy atom. The third-order valence-electron chi connectivity index (χ3n) is 1.19. The minimum atomic E-state index is -0.438. The van der Waals surface area contributed by atoms with Gasteiger partial charge in [-0.3, -0.25) is 4.79 Å². The Morgan fingerprint density at radius 3 is 2.64 bits per heavy atom. The second-order valence-electron chi connectivity index (χ2n) is 2.31. The van der Waals surface area contributed by atoms with E-state index < -0.39 is 6.61 Å². The van der Waals surface area contributed by atoms with Crippen molar-refractivity contribution in [2.45, 2.75) is 19.4 Å². The molecule has 0 aromatic heterocycles. The van der Waals surface area contributed by atoms with Crippen LogP contribution in [0.1, 0.15) is 13.3 Å². The molecule has 0 amide bonds. The van der Waals surface area contributed by atoms with Crippen molar-refractivity contribution in [3.8, 4) is 0 Å². The Bertz CT molecular complexity index is 113. The lowest BCUT2D eigenvalue weighted by atomic mass is 10.2. The normalized spacial score (nSPS) is 13.0. The molecule has 0 radical (unpaired) electrons. The number of aliphatic hydroxyl groups is 2. The smallest absolute Gasteiger partial charge is 0.160 e. The highest BCUT2D eigenvalue weighted by atomic mass is 16.5. The number of carbonyl (C=O) groups excluding carboxylic acids is 1. The van der Waals surface area contributed by atoms with E-state index in [1.165, 1.54) is 0 Å². The zero-order valence-electron chi connectivity index (χ0n) is 6.62. The largest absolute Gasteiger partial charge is 0.394 e. The SMILES string of the molecule is CC(CC(=O)CO)OCCO. The molecule has 4 heteroatoms. The van der Waals surface area contributed by atoms with Crippen LogP contribution in [0.3, 0.4) is 0 Å². The summed E-state index contributed by atoms with van der Waals surface area (Å²) in [6, 6.07) is 0. The summed E-state index contributed by atoms with van der Waals surface area (Å²) < 4.78 is 4.98. The minimum absolute atomic E-state index is 0.0440. The highest BCUT2D eigenvalue weighted by Crippen LogP contribution is 1.97. The van der Waals surface area contributed by atoms with Crippen LogP contribution in [0, 0.1) is 0 Å². The van der Waals surface area contributed by atoms with Crippen LogP contribution in [0.2, 0.25) is 0 Å². The van der Waals surface area contributed by atoms with Crippen molar-refractivity contribution in [1.29, 1.82) is 0 Å². The lowest BCUT2D eigenvalue weighted by Gasteiger charge is -2.09. The van der Waals surface area contributed by atoms with Crippen molar-refractivity contribution >= 4 is 5.78 Å². The Kier molecular flexibility index (Phi) is 6.02. The van der Waals surface area contributed by atoms with Gasteiger partial charge in [0.05, 0.1) is 19.3 Å². The summed E-state index contributed by atoms with van der Waals surface area (Å²) in [5.74, 6) is -0.240. The molecule has 0 fully saturated rings. The molecular weight excluding hydrogens is 148 g/mol. The Morgan fingerprint density at radius 1 is 1.55 bits per heavy atom. The van der Waals surface area contributed by atoms with Crippen LogP contribution >= 0.6 is 0 Å². The number of ether oxygens (including phenoxy) is 1.